The molecule has 1 aliphatic rings. The second kappa shape index (κ2) is 6.84. The normalized spacial score (nSPS) is 18.4. The van der Waals surface area contributed by atoms with Crippen LogP contribution in [0.25, 0.3) is 0 Å². The van der Waals surface area contributed by atoms with E-state index in [-0.39, 0.29) is 0 Å². The van der Waals surface area contributed by atoms with Gasteiger partial charge in [-0.3, -0.25) is 0 Å². The monoisotopic (exact) mass is 207 g/mol. The summed E-state index contributed by atoms with van der Waals surface area (Å²) in [5.41, 5.74) is 2.91. The van der Waals surface area contributed by atoms with E-state index < -0.39 is 0 Å². The minimum atomic E-state index is 0.495. The van der Waals surface area contributed by atoms with Gasteiger partial charge < -0.3 is 5.32 Å². The van der Waals surface area contributed by atoms with Crippen molar-refractivity contribution in [3.8, 4) is 0 Å². The second-order valence-corrected chi connectivity index (χ2v) is 4.67. The summed E-state index contributed by atoms with van der Waals surface area (Å²) in [4.78, 5) is 0. The van der Waals surface area contributed by atoms with Crippen molar-refractivity contribution >= 4 is 0 Å². The molecule has 0 saturated heterocycles. The molecule has 0 saturated carbocycles. The Labute approximate surface area is 94.6 Å². The highest BCUT2D eigenvalue weighted by Crippen LogP contribution is 2.22. The van der Waals surface area contributed by atoms with Crippen molar-refractivity contribution in [3.63, 3.8) is 0 Å². The van der Waals surface area contributed by atoms with E-state index in [0.29, 0.717) is 6.04 Å². The Kier molecular flexibility index (Phi) is 5.70. The molecular weight excluding hydrogens is 182 g/mol. The van der Waals surface area contributed by atoms with Crippen LogP contribution >= 0.6 is 0 Å². The summed E-state index contributed by atoms with van der Waals surface area (Å²) in [6.45, 7) is 9.53. The van der Waals surface area contributed by atoms with Crippen LogP contribution in [-0.2, 0) is 0 Å². The molecule has 0 radical (unpaired) electrons. The smallest absolute Gasteiger partial charge is 0.0311 e. The summed E-state index contributed by atoms with van der Waals surface area (Å²) >= 11 is 0. The average molecular weight is 207 g/mol. The lowest BCUT2D eigenvalue weighted by Crippen LogP contribution is -2.31. The van der Waals surface area contributed by atoms with Gasteiger partial charge in [0.15, 0.2) is 0 Å². The van der Waals surface area contributed by atoms with Gasteiger partial charge >= 0.3 is 0 Å². The van der Waals surface area contributed by atoms with Crippen LogP contribution in [0.3, 0.4) is 0 Å². The number of hydrogen-bond acceptors (Lipinski definition) is 1. The van der Waals surface area contributed by atoms with Crippen molar-refractivity contribution < 1.29 is 0 Å². The number of nitrogens with one attached hydrogen (secondary N) is 1. The molecule has 0 fully saturated rings. The molecule has 1 atom stereocenters. The summed E-state index contributed by atoms with van der Waals surface area (Å²) < 4.78 is 0. The maximum Gasteiger partial charge on any atom is 0.0311 e. The van der Waals surface area contributed by atoms with Gasteiger partial charge in [0.05, 0.1) is 0 Å². The van der Waals surface area contributed by atoms with Gasteiger partial charge in [0, 0.05) is 6.04 Å². The standard InChI is InChI=1S/C14H25N/c1-4-10-15-14(12(2)3)11-13-8-6-5-7-9-13/h8,14-15H,2,4-7,9-11H2,1,3H3. The van der Waals surface area contributed by atoms with Crippen LogP contribution in [0.15, 0.2) is 23.8 Å². The molecule has 1 nitrogen and oxygen atoms in total. The van der Waals surface area contributed by atoms with Crippen LogP contribution in [-0.4, -0.2) is 12.6 Å². The van der Waals surface area contributed by atoms with E-state index in [1.807, 2.05) is 0 Å². The Balaban J connectivity index is 2.42. The predicted molar refractivity (Wildman–Crippen MR) is 68.1 cm³/mol. The van der Waals surface area contributed by atoms with E-state index in [4.69, 9.17) is 0 Å². The van der Waals surface area contributed by atoms with Crippen molar-refractivity contribution in [1.82, 2.24) is 5.32 Å². The van der Waals surface area contributed by atoms with Gasteiger partial charge in [-0.1, -0.05) is 30.7 Å². The molecule has 15 heavy (non-hydrogen) atoms. The lowest BCUT2D eigenvalue weighted by Gasteiger charge is -2.22. The van der Waals surface area contributed by atoms with Gasteiger partial charge in [0.2, 0.25) is 0 Å². The molecule has 0 aromatic heterocycles. The van der Waals surface area contributed by atoms with Gasteiger partial charge in [-0.15, -0.1) is 0 Å². The molecule has 1 N–H and O–H groups in total. The first-order chi connectivity index (χ1) is 7.24. The molecule has 0 heterocycles. The van der Waals surface area contributed by atoms with E-state index >= 15 is 0 Å². The molecule has 0 aliphatic heterocycles. The van der Waals surface area contributed by atoms with E-state index in [1.165, 1.54) is 44.1 Å². The van der Waals surface area contributed by atoms with Gasteiger partial charge in [-0.2, -0.15) is 0 Å². The van der Waals surface area contributed by atoms with Gasteiger partial charge in [0.1, 0.15) is 0 Å². The minimum Gasteiger partial charge on any atom is -0.310 e. The molecule has 1 aliphatic carbocycles. The third kappa shape index (κ3) is 4.65. The highest BCUT2D eigenvalue weighted by molar-refractivity contribution is 5.13. The Morgan fingerprint density at radius 2 is 2.33 bits per heavy atom. The fraction of sp³-hybridized carbons (Fsp3) is 0.714. The van der Waals surface area contributed by atoms with Gasteiger partial charge in [0.25, 0.3) is 0 Å². The van der Waals surface area contributed by atoms with Crippen molar-refractivity contribution in [1.29, 1.82) is 0 Å². The Bertz CT molecular complexity index is 227. The first-order valence-corrected chi connectivity index (χ1v) is 6.30. The molecule has 0 amide bonds. The zero-order valence-electron chi connectivity index (χ0n) is 10.3. The quantitative estimate of drug-likeness (QED) is 0.653. The largest absolute Gasteiger partial charge is 0.310 e. The fourth-order valence-corrected chi connectivity index (χ4v) is 2.09. The van der Waals surface area contributed by atoms with Crippen molar-refractivity contribution in [3.05, 3.63) is 23.8 Å². The highest BCUT2D eigenvalue weighted by Gasteiger charge is 2.12. The van der Waals surface area contributed by atoms with E-state index in [0.717, 1.165) is 6.54 Å². The molecule has 0 bridgehead atoms. The van der Waals surface area contributed by atoms with Crippen molar-refractivity contribution in [2.24, 2.45) is 0 Å². The molecule has 86 valence electrons. The Hall–Kier alpha value is -0.560. The summed E-state index contributed by atoms with van der Waals surface area (Å²) in [6, 6.07) is 0.495. The first-order valence-electron chi connectivity index (χ1n) is 6.30. The minimum absolute atomic E-state index is 0.495. The van der Waals surface area contributed by atoms with Crippen LogP contribution in [0.1, 0.15) is 52.4 Å². The van der Waals surface area contributed by atoms with Gasteiger partial charge in [-0.05, 0) is 52.0 Å². The Morgan fingerprint density at radius 1 is 1.53 bits per heavy atom. The molecular formula is C14H25N. The number of rotatable bonds is 6. The van der Waals surface area contributed by atoms with Crippen LogP contribution in [0.4, 0.5) is 0 Å². The maximum absolute atomic E-state index is 4.08. The SMILES string of the molecule is C=C(C)C(CC1=CCCCC1)NCCC. The molecule has 0 spiro atoms. The Morgan fingerprint density at radius 3 is 2.87 bits per heavy atom. The van der Waals surface area contributed by atoms with Crippen molar-refractivity contribution in [2.45, 2.75) is 58.4 Å². The van der Waals surface area contributed by atoms with E-state index in [2.05, 4.69) is 31.8 Å². The fourth-order valence-electron chi connectivity index (χ4n) is 2.09. The lowest BCUT2D eigenvalue weighted by atomic mass is 9.92. The third-order valence-electron chi connectivity index (χ3n) is 3.09. The maximum atomic E-state index is 4.08. The molecule has 0 aromatic rings. The summed E-state index contributed by atoms with van der Waals surface area (Å²) in [6.07, 6.45) is 10.2. The van der Waals surface area contributed by atoms with E-state index in [9.17, 15) is 0 Å². The third-order valence-corrected chi connectivity index (χ3v) is 3.09. The number of hydrogen-bond donors (Lipinski definition) is 1. The first kappa shape index (κ1) is 12.5. The lowest BCUT2D eigenvalue weighted by molar-refractivity contribution is 0.543. The molecule has 0 aromatic carbocycles. The van der Waals surface area contributed by atoms with Crippen molar-refractivity contribution in [2.75, 3.05) is 6.54 Å². The predicted octanol–water partition coefficient (Wildman–Crippen LogP) is 3.82. The van der Waals surface area contributed by atoms with E-state index in [1.54, 1.807) is 5.57 Å². The van der Waals surface area contributed by atoms with Crippen LogP contribution in [0.2, 0.25) is 0 Å². The molecule has 1 rings (SSSR count). The number of allylic oxidation sites excluding steroid dienone is 1. The molecule has 1 unspecified atom stereocenters. The second-order valence-electron chi connectivity index (χ2n) is 4.67. The van der Waals surface area contributed by atoms with Crippen LogP contribution in [0.5, 0.6) is 0 Å². The summed E-state index contributed by atoms with van der Waals surface area (Å²) in [5.74, 6) is 0. The summed E-state index contributed by atoms with van der Waals surface area (Å²) in [5, 5.41) is 3.58. The van der Waals surface area contributed by atoms with Crippen LogP contribution in [0, 0.1) is 0 Å². The average Bonchev–Trinajstić information content (AvgIpc) is 2.25. The van der Waals surface area contributed by atoms with Crippen LogP contribution < -0.4 is 5.32 Å². The highest BCUT2D eigenvalue weighted by atomic mass is 14.9. The van der Waals surface area contributed by atoms with Gasteiger partial charge in [-0.25, -0.2) is 0 Å². The topological polar surface area (TPSA) is 12.0 Å². The molecule has 1 heteroatoms. The zero-order valence-corrected chi connectivity index (χ0v) is 10.3. The zero-order chi connectivity index (χ0) is 11.1. The summed E-state index contributed by atoms with van der Waals surface area (Å²) in [7, 11) is 0.